The van der Waals surface area contributed by atoms with E-state index in [0.717, 1.165) is 72.7 Å². The van der Waals surface area contributed by atoms with E-state index in [1.165, 1.54) is 11.6 Å². The minimum absolute atomic E-state index is 0.173. The van der Waals surface area contributed by atoms with Crippen LogP contribution < -0.4 is 5.32 Å². The van der Waals surface area contributed by atoms with E-state index >= 15 is 0 Å². The molecule has 0 aliphatic heterocycles. The molecule has 0 radical (unpaired) electrons. The molecule has 1 atom stereocenters. The number of rotatable bonds is 6. The number of nitrogens with one attached hydrogen (secondary N) is 2. The Morgan fingerprint density at radius 2 is 1.92 bits per heavy atom. The quantitative estimate of drug-likeness (QED) is 0.304. The summed E-state index contributed by atoms with van der Waals surface area (Å²) in [4.78, 5) is 25.4. The molecule has 1 amide bonds. The number of aromatic nitrogens is 3. The SMILES string of the molecule is C[C@@H](c1nc2ccc(C(=O)NCC3(O)CCC3)cc2[nH]1)C1CCC(c2ccnc3ccc(F)cc23)CC1. The maximum absolute atomic E-state index is 13.9. The molecule has 0 bridgehead atoms. The van der Waals surface area contributed by atoms with Crippen molar-refractivity contribution in [1.82, 2.24) is 20.3 Å². The first-order valence-electron chi connectivity index (χ1n) is 13.4. The molecule has 0 unspecified atom stereocenters. The van der Waals surface area contributed by atoms with Gasteiger partial charge in [-0.3, -0.25) is 9.78 Å². The van der Waals surface area contributed by atoms with Gasteiger partial charge in [0.1, 0.15) is 11.6 Å². The molecule has 3 N–H and O–H groups in total. The van der Waals surface area contributed by atoms with Crippen LogP contribution in [0.5, 0.6) is 0 Å². The lowest BCUT2D eigenvalue weighted by molar-refractivity contribution is -0.0300. The molecule has 192 valence electrons. The van der Waals surface area contributed by atoms with E-state index in [4.69, 9.17) is 4.98 Å². The topological polar surface area (TPSA) is 90.9 Å². The number of imidazole rings is 1. The highest BCUT2D eigenvalue weighted by atomic mass is 19.1. The number of H-pyrrole nitrogens is 1. The Morgan fingerprint density at radius 3 is 2.68 bits per heavy atom. The molecule has 2 aromatic heterocycles. The minimum atomic E-state index is -0.740. The lowest BCUT2D eigenvalue weighted by Gasteiger charge is -2.36. The van der Waals surface area contributed by atoms with Gasteiger partial charge in [0.2, 0.25) is 0 Å². The molecule has 6 nitrogen and oxygen atoms in total. The molecule has 2 saturated carbocycles. The number of carbonyl (C=O) groups excluding carboxylic acids is 1. The first-order chi connectivity index (χ1) is 17.9. The third-order valence-corrected chi connectivity index (χ3v) is 8.71. The van der Waals surface area contributed by atoms with Crippen molar-refractivity contribution in [3.63, 3.8) is 0 Å². The molecule has 37 heavy (non-hydrogen) atoms. The van der Waals surface area contributed by atoms with Crippen molar-refractivity contribution in [3.05, 3.63) is 71.4 Å². The van der Waals surface area contributed by atoms with Gasteiger partial charge in [0, 0.05) is 29.6 Å². The maximum atomic E-state index is 13.9. The van der Waals surface area contributed by atoms with E-state index in [2.05, 4.69) is 28.3 Å². The normalized spacial score (nSPS) is 22.0. The van der Waals surface area contributed by atoms with Crippen molar-refractivity contribution in [2.24, 2.45) is 5.92 Å². The zero-order chi connectivity index (χ0) is 25.6. The van der Waals surface area contributed by atoms with Crippen molar-refractivity contribution in [2.45, 2.75) is 69.3 Å². The Balaban J connectivity index is 1.12. The number of pyridine rings is 1. The lowest BCUT2D eigenvalue weighted by Crippen LogP contribution is -2.47. The maximum Gasteiger partial charge on any atom is 0.251 e. The van der Waals surface area contributed by atoms with Gasteiger partial charge in [-0.25, -0.2) is 9.37 Å². The highest BCUT2D eigenvalue weighted by Gasteiger charge is 2.34. The number of halogens is 1. The van der Waals surface area contributed by atoms with Crippen LogP contribution in [0, 0.1) is 11.7 Å². The first kappa shape index (κ1) is 24.0. The molecular formula is C30H33FN4O2. The summed E-state index contributed by atoms with van der Waals surface area (Å²) in [5.41, 5.74) is 3.60. The molecule has 2 aliphatic rings. The van der Waals surface area contributed by atoms with Crippen molar-refractivity contribution in [1.29, 1.82) is 0 Å². The van der Waals surface area contributed by atoms with Gasteiger partial charge in [0.15, 0.2) is 0 Å². The average molecular weight is 501 g/mol. The summed E-state index contributed by atoms with van der Waals surface area (Å²) in [6.07, 6.45) is 8.61. The van der Waals surface area contributed by atoms with Crippen molar-refractivity contribution in [3.8, 4) is 0 Å². The van der Waals surface area contributed by atoms with Gasteiger partial charge in [-0.1, -0.05) is 6.92 Å². The zero-order valence-corrected chi connectivity index (χ0v) is 21.1. The van der Waals surface area contributed by atoms with E-state index < -0.39 is 5.60 Å². The van der Waals surface area contributed by atoms with Gasteiger partial charge in [0.05, 0.1) is 22.2 Å². The summed E-state index contributed by atoms with van der Waals surface area (Å²) < 4.78 is 13.9. The Bertz CT molecular complexity index is 1450. The van der Waals surface area contributed by atoms with Crippen molar-refractivity contribution >= 4 is 27.8 Å². The van der Waals surface area contributed by atoms with Gasteiger partial charge in [-0.2, -0.15) is 0 Å². The number of carbonyl (C=O) groups is 1. The predicted octanol–water partition coefficient (Wildman–Crippen LogP) is 5.97. The number of fused-ring (bicyclic) bond motifs is 2. The van der Waals surface area contributed by atoms with Gasteiger partial charge in [-0.15, -0.1) is 0 Å². The smallest absolute Gasteiger partial charge is 0.251 e. The Kier molecular flexibility index (Phi) is 6.19. The van der Waals surface area contributed by atoms with Gasteiger partial charge < -0.3 is 15.4 Å². The summed E-state index contributed by atoms with van der Waals surface area (Å²) in [5.74, 6) is 1.75. The Labute approximate surface area is 215 Å². The highest BCUT2D eigenvalue weighted by molar-refractivity contribution is 5.97. The first-order valence-corrected chi connectivity index (χ1v) is 13.4. The molecule has 2 fully saturated rings. The second-order valence-electron chi connectivity index (χ2n) is 11.1. The molecule has 6 rings (SSSR count). The largest absolute Gasteiger partial charge is 0.388 e. The Hall–Kier alpha value is -3.32. The van der Waals surface area contributed by atoms with Crippen LogP contribution in [0.15, 0.2) is 48.7 Å². The monoisotopic (exact) mass is 500 g/mol. The lowest BCUT2D eigenvalue weighted by atomic mass is 9.73. The van der Waals surface area contributed by atoms with Crippen LogP contribution >= 0.6 is 0 Å². The number of amides is 1. The minimum Gasteiger partial charge on any atom is -0.388 e. The molecule has 2 heterocycles. The van der Waals surface area contributed by atoms with Crippen LogP contribution in [0.2, 0.25) is 0 Å². The van der Waals surface area contributed by atoms with E-state index in [-0.39, 0.29) is 17.6 Å². The average Bonchev–Trinajstić information content (AvgIpc) is 3.33. The summed E-state index contributed by atoms with van der Waals surface area (Å²) in [7, 11) is 0. The molecule has 0 spiro atoms. The summed E-state index contributed by atoms with van der Waals surface area (Å²) in [6, 6.07) is 12.4. The van der Waals surface area contributed by atoms with Crippen molar-refractivity contribution < 1.29 is 14.3 Å². The third-order valence-electron chi connectivity index (χ3n) is 8.71. The summed E-state index contributed by atoms with van der Waals surface area (Å²) in [5, 5.41) is 14.1. The molecule has 2 aromatic carbocycles. The van der Waals surface area contributed by atoms with Crippen LogP contribution in [0.4, 0.5) is 4.39 Å². The number of aromatic amines is 1. The number of hydrogen-bond acceptors (Lipinski definition) is 4. The van der Waals surface area contributed by atoms with E-state index in [9.17, 15) is 14.3 Å². The van der Waals surface area contributed by atoms with Crippen LogP contribution in [-0.2, 0) is 0 Å². The molecular weight excluding hydrogens is 467 g/mol. The van der Waals surface area contributed by atoms with Crippen LogP contribution in [0.3, 0.4) is 0 Å². The van der Waals surface area contributed by atoms with Crippen molar-refractivity contribution in [2.75, 3.05) is 6.54 Å². The summed E-state index contributed by atoms with van der Waals surface area (Å²) >= 11 is 0. The number of benzene rings is 2. The van der Waals surface area contributed by atoms with Gasteiger partial charge in [-0.05, 0) is 105 Å². The fraction of sp³-hybridized carbons (Fsp3) is 0.433. The molecule has 7 heteroatoms. The van der Waals surface area contributed by atoms with E-state index in [0.29, 0.717) is 23.9 Å². The van der Waals surface area contributed by atoms with Gasteiger partial charge >= 0.3 is 0 Å². The Morgan fingerprint density at radius 1 is 1.14 bits per heavy atom. The number of nitrogens with zero attached hydrogens (tertiary/aromatic N) is 2. The summed E-state index contributed by atoms with van der Waals surface area (Å²) in [6.45, 7) is 2.52. The number of hydrogen-bond donors (Lipinski definition) is 3. The molecule has 4 aromatic rings. The second kappa shape index (κ2) is 9.53. The van der Waals surface area contributed by atoms with Crippen LogP contribution in [0.1, 0.15) is 85.5 Å². The standard InChI is InChI=1S/C30H33FN4O2/c1-18(19-3-5-20(6-4-19)23-11-14-32-25-10-8-22(31)16-24(23)25)28-34-26-9-7-21(15-27(26)35-28)29(36)33-17-30(37)12-2-13-30/h7-11,14-16,18-20,37H,2-6,12-13,17H2,1H3,(H,33,36)(H,34,35)/t18-,19?,20?/m1/s1. The van der Waals surface area contributed by atoms with E-state index in [1.54, 1.807) is 18.2 Å². The number of aliphatic hydroxyl groups is 1. The van der Waals surface area contributed by atoms with E-state index in [1.807, 2.05) is 18.3 Å². The fourth-order valence-electron chi connectivity index (χ4n) is 6.14. The van der Waals surface area contributed by atoms with Gasteiger partial charge in [0.25, 0.3) is 5.91 Å². The van der Waals surface area contributed by atoms with Crippen LogP contribution in [0.25, 0.3) is 21.9 Å². The zero-order valence-electron chi connectivity index (χ0n) is 21.1. The third kappa shape index (κ3) is 4.73. The highest BCUT2D eigenvalue weighted by Crippen LogP contribution is 2.43. The molecule has 2 aliphatic carbocycles. The fourth-order valence-corrected chi connectivity index (χ4v) is 6.14. The predicted molar refractivity (Wildman–Crippen MR) is 142 cm³/mol. The molecule has 0 saturated heterocycles. The second-order valence-corrected chi connectivity index (χ2v) is 11.1. The van der Waals surface area contributed by atoms with Crippen LogP contribution in [-0.4, -0.2) is 38.1 Å².